The number of carbonyl (C=O) groups is 2. The Hall–Kier alpha value is -1.36. The highest BCUT2D eigenvalue weighted by Crippen LogP contribution is 2.31. The van der Waals surface area contributed by atoms with Gasteiger partial charge in [-0.3, -0.25) is 9.59 Å². The van der Waals surface area contributed by atoms with Crippen molar-refractivity contribution in [3.63, 3.8) is 0 Å². The second kappa shape index (κ2) is 4.96. The van der Waals surface area contributed by atoms with E-state index in [1.54, 1.807) is 37.0 Å². The van der Waals surface area contributed by atoms with Crippen molar-refractivity contribution in [1.29, 1.82) is 0 Å². The fourth-order valence-electron chi connectivity index (χ4n) is 2.47. The molecular formula is C14H19NO3S. The van der Waals surface area contributed by atoms with Gasteiger partial charge in [0.25, 0.3) is 0 Å². The fourth-order valence-corrected chi connectivity index (χ4v) is 3.36. The van der Waals surface area contributed by atoms with E-state index >= 15 is 0 Å². The first-order chi connectivity index (χ1) is 8.80. The van der Waals surface area contributed by atoms with Gasteiger partial charge in [-0.05, 0) is 28.8 Å². The molecule has 1 atom stereocenters. The summed E-state index contributed by atoms with van der Waals surface area (Å²) in [5, 5.41) is 11.3. The maximum absolute atomic E-state index is 12.5. The van der Waals surface area contributed by atoms with E-state index in [2.05, 4.69) is 0 Å². The number of carbonyl (C=O) groups excluding carboxylic acids is 1. The van der Waals surface area contributed by atoms with Crippen molar-refractivity contribution in [3.05, 3.63) is 21.9 Å². The number of fused-ring (bicyclic) bond motifs is 1. The number of thiophene rings is 1. The normalized spacial score (nSPS) is 16.9. The van der Waals surface area contributed by atoms with Crippen molar-refractivity contribution >= 4 is 23.2 Å². The van der Waals surface area contributed by atoms with Gasteiger partial charge in [0, 0.05) is 18.0 Å². The minimum absolute atomic E-state index is 0.267. The van der Waals surface area contributed by atoms with Crippen LogP contribution in [0.1, 0.15) is 31.2 Å². The third-order valence-corrected chi connectivity index (χ3v) is 4.50. The number of carboxylic acids is 1. The van der Waals surface area contributed by atoms with Crippen LogP contribution in [0.15, 0.2) is 11.4 Å². The summed E-state index contributed by atoms with van der Waals surface area (Å²) in [6.07, 6.45) is 0.829. The fraction of sp³-hybridized carbons (Fsp3) is 0.571. The van der Waals surface area contributed by atoms with Gasteiger partial charge < -0.3 is 10.0 Å². The van der Waals surface area contributed by atoms with Gasteiger partial charge in [0.1, 0.15) is 5.92 Å². The highest BCUT2D eigenvalue weighted by molar-refractivity contribution is 7.10. The molecule has 1 aromatic rings. The number of hydrogen-bond acceptors (Lipinski definition) is 3. The maximum atomic E-state index is 12.5. The summed E-state index contributed by atoms with van der Waals surface area (Å²) in [4.78, 5) is 26.8. The lowest BCUT2D eigenvalue weighted by atomic mass is 9.79. The van der Waals surface area contributed by atoms with E-state index in [0.29, 0.717) is 13.1 Å². The van der Waals surface area contributed by atoms with Crippen molar-refractivity contribution in [2.24, 2.45) is 11.3 Å². The molecule has 0 fully saturated rings. The molecule has 0 radical (unpaired) electrons. The Morgan fingerprint density at radius 3 is 2.68 bits per heavy atom. The highest BCUT2D eigenvalue weighted by Gasteiger charge is 2.40. The van der Waals surface area contributed by atoms with Crippen molar-refractivity contribution in [2.45, 2.75) is 33.7 Å². The van der Waals surface area contributed by atoms with Gasteiger partial charge >= 0.3 is 5.97 Å². The van der Waals surface area contributed by atoms with Crippen LogP contribution in [0.5, 0.6) is 0 Å². The molecule has 0 saturated carbocycles. The standard InChI is InChI=1S/C14H19NO3S/c1-14(2,3)11(13(17)18)12(16)15-6-4-10-9(8-15)5-7-19-10/h5,7,11H,4,6,8H2,1-3H3,(H,17,18). The van der Waals surface area contributed by atoms with E-state index in [-0.39, 0.29) is 5.91 Å². The molecule has 1 amide bonds. The number of carboxylic acid groups (broad SMARTS) is 1. The summed E-state index contributed by atoms with van der Waals surface area (Å²) in [7, 11) is 0. The van der Waals surface area contributed by atoms with Gasteiger partial charge in [-0.15, -0.1) is 11.3 Å². The number of nitrogens with zero attached hydrogens (tertiary/aromatic N) is 1. The molecule has 5 heteroatoms. The Labute approximate surface area is 117 Å². The maximum Gasteiger partial charge on any atom is 0.316 e. The van der Waals surface area contributed by atoms with Crippen LogP contribution in [0, 0.1) is 11.3 Å². The molecule has 1 aliphatic rings. The van der Waals surface area contributed by atoms with Crippen LogP contribution in [-0.2, 0) is 22.6 Å². The number of aliphatic carboxylic acids is 1. The number of rotatable bonds is 2. The van der Waals surface area contributed by atoms with Crippen LogP contribution in [0.2, 0.25) is 0 Å². The third-order valence-electron chi connectivity index (χ3n) is 3.48. The van der Waals surface area contributed by atoms with E-state index in [1.807, 2.05) is 11.4 Å². The molecule has 1 N–H and O–H groups in total. The zero-order valence-electron chi connectivity index (χ0n) is 11.5. The number of amides is 1. The van der Waals surface area contributed by atoms with E-state index < -0.39 is 17.3 Å². The Kier molecular flexibility index (Phi) is 3.67. The van der Waals surface area contributed by atoms with E-state index in [9.17, 15) is 14.7 Å². The Balaban J connectivity index is 2.18. The molecule has 1 aromatic heterocycles. The Morgan fingerprint density at radius 1 is 1.42 bits per heavy atom. The molecule has 104 valence electrons. The van der Waals surface area contributed by atoms with Crippen LogP contribution < -0.4 is 0 Å². The molecule has 0 aromatic carbocycles. The quantitative estimate of drug-likeness (QED) is 0.847. The average Bonchev–Trinajstić information content (AvgIpc) is 2.72. The lowest BCUT2D eigenvalue weighted by Gasteiger charge is -2.34. The Morgan fingerprint density at radius 2 is 2.11 bits per heavy atom. The van der Waals surface area contributed by atoms with Crippen LogP contribution in [0.4, 0.5) is 0 Å². The monoisotopic (exact) mass is 281 g/mol. The third kappa shape index (κ3) is 2.81. The molecular weight excluding hydrogens is 262 g/mol. The predicted octanol–water partition coefficient (Wildman–Crippen LogP) is 2.38. The smallest absolute Gasteiger partial charge is 0.316 e. The van der Waals surface area contributed by atoms with E-state index in [0.717, 1.165) is 12.0 Å². The van der Waals surface area contributed by atoms with Gasteiger partial charge in [-0.1, -0.05) is 20.8 Å². The molecule has 1 aliphatic heterocycles. The summed E-state index contributed by atoms with van der Waals surface area (Å²) in [5.41, 5.74) is 0.584. The summed E-state index contributed by atoms with van der Waals surface area (Å²) in [6.45, 7) is 6.54. The minimum atomic E-state index is -1.03. The van der Waals surface area contributed by atoms with Gasteiger partial charge in [0.2, 0.25) is 5.91 Å². The van der Waals surface area contributed by atoms with Gasteiger partial charge in [0.05, 0.1) is 0 Å². The molecule has 1 unspecified atom stereocenters. The first-order valence-electron chi connectivity index (χ1n) is 6.37. The first kappa shape index (κ1) is 14.1. The topological polar surface area (TPSA) is 57.6 Å². The predicted molar refractivity (Wildman–Crippen MR) is 74.0 cm³/mol. The lowest BCUT2D eigenvalue weighted by Crippen LogP contribution is -2.46. The molecule has 0 aliphatic carbocycles. The summed E-state index contributed by atoms with van der Waals surface area (Å²) >= 11 is 1.71. The summed E-state index contributed by atoms with van der Waals surface area (Å²) in [5.74, 6) is -2.28. The molecule has 19 heavy (non-hydrogen) atoms. The number of hydrogen-bond donors (Lipinski definition) is 1. The molecule has 0 bridgehead atoms. The van der Waals surface area contributed by atoms with Gasteiger partial charge in [-0.2, -0.15) is 0 Å². The molecule has 0 spiro atoms. The van der Waals surface area contributed by atoms with Crippen molar-refractivity contribution in [2.75, 3.05) is 6.54 Å². The van der Waals surface area contributed by atoms with Crippen LogP contribution in [-0.4, -0.2) is 28.4 Å². The van der Waals surface area contributed by atoms with E-state index in [1.165, 1.54) is 4.88 Å². The molecule has 2 rings (SSSR count). The van der Waals surface area contributed by atoms with E-state index in [4.69, 9.17) is 0 Å². The lowest BCUT2D eigenvalue weighted by molar-refractivity contribution is -0.156. The molecule has 2 heterocycles. The van der Waals surface area contributed by atoms with Crippen LogP contribution >= 0.6 is 11.3 Å². The SMILES string of the molecule is CC(C)(C)C(C(=O)O)C(=O)N1CCc2sccc2C1. The van der Waals surface area contributed by atoms with Crippen molar-refractivity contribution in [1.82, 2.24) is 4.90 Å². The summed E-state index contributed by atoms with van der Waals surface area (Å²) < 4.78 is 0. The first-order valence-corrected chi connectivity index (χ1v) is 7.25. The second-order valence-corrected chi connectivity index (χ2v) is 7.02. The van der Waals surface area contributed by atoms with Gasteiger partial charge in [0.15, 0.2) is 0 Å². The van der Waals surface area contributed by atoms with Crippen LogP contribution in [0.25, 0.3) is 0 Å². The largest absolute Gasteiger partial charge is 0.481 e. The van der Waals surface area contributed by atoms with Gasteiger partial charge in [-0.25, -0.2) is 0 Å². The van der Waals surface area contributed by atoms with Crippen molar-refractivity contribution < 1.29 is 14.7 Å². The summed E-state index contributed by atoms with van der Waals surface area (Å²) in [6, 6.07) is 2.02. The zero-order valence-corrected chi connectivity index (χ0v) is 12.3. The van der Waals surface area contributed by atoms with Crippen LogP contribution in [0.3, 0.4) is 0 Å². The molecule has 0 saturated heterocycles. The molecule has 4 nitrogen and oxygen atoms in total. The van der Waals surface area contributed by atoms with Crippen molar-refractivity contribution in [3.8, 4) is 0 Å². The minimum Gasteiger partial charge on any atom is -0.481 e. The zero-order chi connectivity index (χ0) is 14.2. The second-order valence-electron chi connectivity index (χ2n) is 6.02. The highest BCUT2D eigenvalue weighted by atomic mass is 32.1. The Bertz CT molecular complexity index is 501. The average molecular weight is 281 g/mol.